The van der Waals surface area contributed by atoms with Gasteiger partial charge in [-0.15, -0.1) is 0 Å². The molecule has 0 aliphatic heterocycles. The molecule has 1 aromatic heterocycles. The molecule has 0 saturated carbocycles. The van der Waals surface area contributed by atoms with Crippen molar-refractivity contribution in [1.82, 2.24) is 9.55 Å². The zero-order chi connectivity index (χ0) is 10.8. The van der Waals surface area contributed by atoms with Crippen LogP contribution in [0.2, 0.25) is 0 Å². The first-order valence-corrected chi connectivity index (χ1v) is 6.29. The highest BCUT2D eigenvalue weighted by molar-refractivity contribution is 7.97. The van der Waals surface area contributed by atoms with Gasteiger partial charge in [-0.2, -0.15) is 11.8 Å². The van der Waals surface area contributed by atoms with E-state index in [1.807, 2.05) is 12.1 Å². The molecular weight excluding hydrogens is 206 g/mol. The summed E-state index contributed by atoms with van der Waals surface area (Å²) in [5, 5.41) is 0. The molecule has 0 radical (unpaired) electrons. The Morgan fingerprint density at radius 3 is 2.93 bits per heavy atom. The van der Waals surface area contributed by atoms with Crippen molar-refractivity contribution < 1.29 is 0 Å². The van der Waals surface area contributed by atoms with E-state index in [0.717, 1.165) is 22.7 Å². The fourth-order valence-electron chi connectivity index (χ4n) is 1.74. The van der Waals surface area contributed by atoms with Crippen LogP contribution in [0, 0.1) is 0 Å². The van der Waals surface area contributed by atoms with Gasteiger partial charge in [0, 0.05) is 13.6 Å². The van der Waals surface area contributed by atoms with E-state index in [1.54, 1.807) is 11.8 Å². The molecule has 0 atom stereocenters. The largest absolute Gasteiger partial charge is 0.330 e. The average Bonchev–Trinajstić information content (AvgIpc) is 2.57. The van der Waals surface area contributed by atoms with Crippen molar-refractivity contribution in [3.8, 4) is 0 Å². The van der Waals surface area contributed by atoms with Crippen molar-refractivity contribution in [2.45, 2.75) is 12.3 Å². The summed E-state index contributed by atoms with van der Waals surface area (Å²) in [4.78, 5) is 4.63. The molecule has 4 heteroatoms. The van der Waals surface area contributed by atoms with Gasteiger partial charge in [0.25, 0.3) is 0 Å². The number of aryl methyl sites for hydroxylation is 1. The molecule has 0 fully saturated rings. The van der Waals surface area contributed by atoms with Gasteiger partial charge in [0.2, 0.25) is 0 Å². The van der Waals surface area contributed by atoms with E-state index in [4.69, 9.17) is 5.73 Å². The zero-order valence-corrected chi connectivity index (χ0v) is 9.84. The van der Waals surface area contributed by atoms with Gasteiger partial charge in [-0.25, -0.2) is 4.98 Å². The van der Waals surface area contributed by atoms with Crippen molar-refractivity contribution in [1.29, 1.82) is 0 Å². The van der Waals surface area contributed by atoms with E-state index in [2.05, 4.69) is 28.9 Å². The third-order valence-electron chi connectivity index (χ3n) is 2.58. The maximum atomic E-state index is 5.69. The monoisotopic (exact) mass is 221 g/mol. The molecule has 3 nitrogen and oxygen atoms in total. The third kappa shape index (κ3) is 1.75. The van der Waals surface area contributed by atoms with E-state index in [9.17, 15) is 0 Å². The summed E-state index contributed by atoms with van der Waals surface area (Å²) in [6.45, 7) is 0.549. The fourth-order valence-corrected chi connectivity index (χ4v) is 2.26. The maximum Gasteiger partial charge on any atom is 0.119 e. The Balaban J connectivity index is 2.64. The number of para-hydroxylation sites is 1. The molecule has 80 valence electrons. The second-order valence-corrected chi connectivity index (χ2v) is 4.38. The lowest BCUT2D eigenvalue weighted by Gasteiger charge is -2.00. The molecule has 1 heterocycles. The molecule has 2 rings (SSSR count). The number of hydrogen-bond acceptors (Lipinski definition) is 3. The van der Waals surface area contributed by atoms with Crippen LogP contribution in [0.5, 0.6) is 0 Å². The number of fused-ring (bicyclic) bond motifs is 1. The van der Waals surface area contributed by atoms with Crippen LogP contribution in [0.15, 0.2) is 18.2 Å². The van der Waals surface area contributed by atoms with Crippen LogP contribution in [-0.4, -0.2) is 15.8 Å². The first-order chi connectivity index (χ1) is 7.27. The van der Waals surface area contributed by atoms with Crippen molar-refractivity contribution in [3.63, 3.8) is 0 Å². The van der Waals surface area contributed by atoms with E-state index in [0.29, 0.717) is 6.54 Å². The minimum absolute atomic E-state index is 0.549. The predicted molar refractivity (Wildman–Crippen MR) is 65.8 cm³/mol. The van der Waals surface area contributed by atoms with Crippen molar-refractivity contribution in [2.24, 2.45) is 12.8 Å². The Hall–Kier alpha value is -1.00. The summed E-state index contributed by atoms with van der Waals surface area (Å²) in [5.41, 5.74) is 9.03. The Kier molecular flexibility index (Phi) is 2.98. The second-order valence-electron chi connectivity index (χ2n) is 3.51. The fraction of sp³-hybridized carbons (Fsp3) is 0.364. The van der Waals surface area contributed by atoms with Gasteiger partial charge in [-0.05, 0) is 17.9 Å². The lowest BCUT2D eigenvalue weighted by Crippen LogP contribution is -1.97. The molecule has 2 aromatic rings. The lowest BCUT2D eigenvalue weighted by molar-refractivity contribution is 0.876. The van der Waals surface area contributed by atoms with Crippen molar-refractivity contribution in [2.75, 3.05) is 6.26 Å². The van der Waals surface area contributed by atoms with Crippen LogP contribution >= 0.6 is 11.8 Å². The minimum Gasteiger partial charge on any atom is -0.330 e. The van der Waals surface area contributed by atoms with Gasteiger partial charge in [0.1, 0.15) is 5.82 Å². The molecule has 0 saturated heterocycles. The van der Waals surface area contributed by atoms with Crippen LogP contribution < -0.4 is 5.73 Å². The van der Waals surface area contributed by atoms with E-state index >= 15 is 0 Å². The summed E-state index contributed by atoms with van der Waals surface area (Å²) in [6, 6.07) is 6.17. The maximum absolute atomic E-state index is 5.69. The van der Waals surface area contributed by atoms with Crippen LogP contribution in [0.1, 0.15) is 11.4 Å². The average molecular weight is 221 g/mol. The Morgan fingerprint density at radius 2 is 2.27 bits per heavy atom. The number of nitrogens with zero attached hydrogens (tertiary/aromatic N) is 2. The summed E-state index contributed by atoms with van der Waals surface area (Å²) < 4.78 is 2.14. The molecule has 1 aromatic carbocycles. The van der Waals surface area contributed by atoms with E-state index in [1.165, 1.54) is 5.52 Å². The summed E-state index contributed by atoms with van der Waals surface area (Å²) in [7, 11) is 2.06. The molecule has 0 aliphatic rings. The highest BCUT2D eigenvalue weighted by atomic mass is 32.2. The molecule has 2 N–H and O–H groups in total. The highest BCUT2D eigenvalue weighted by Gasteiger charge is 2.09. The number of rotatable bonds is 3. The molecule has 0 bridgehead atoms. The number of nitrogens with two attached hydrogens (primary N) is 1. The SMILES string of the molecule is CSCc1nc2c(CN)cccc2n1C. The molecule has 0 aliphatic carbocycles. The minimum atomic E-state index is 0.549. The van der Waals surface area contributed by atoms with Crippen LogP contribution in [-0.2, 0) is 19.3 Å². The Labute approximate surface area is 93.7 Å². The summed E-state index contributed by atoms with van der Waals surface area (Å²) in [6.07, 6.45) is 2.09. The standard InChI is InChI=1S/C11H15N3S/c1-14-9-5-3-4-8(6-12)11(9)13-10(14)7-15-2/h3-5H,6-7,12H2,1-2H3. The quantitative estimate of drug-likeness (QED) is 0.861. The highest BCUT2D eigenvalue weighted by Crippen LogP contribution is 2.20. The molecule has 0 unspecified atom stereocenters. The number of thioether (sulfide) groups is 1. The zero-order valence-electron chi connectivity index (χ0n) is 9.03. The van der Waals surface area contributed by atoms with Crippen LogP contribution in [0.25, 0.3) is 11.0 Å². The van der Waals surface area contributed by atoms with Crippen LogP contribution in [0.3, 0.4) is 0 Å². The third-order valence-corrected chi connectivity index (χ3v) is 3.13. The van der Waals surface area contributed by atoms with E-state index < -0.39 is 0 Å². The first kappa shape index (κ1) is 10.5. The number of benzene rings is 1. The van der Waals surface area contributed by atoms with Gasteiger partial charge in [-0.3, -0.25) is 0 Å². The van der Waals surface area contributed by atoms with Crippen molar-refractivity contribution in [3.05, 3.63) is 29.6 Å². The Bertz CT molecular complexity index is 476. The Morgan fingerprint density at radius 1 is 1.47 bits per heavy atom. The number of aromatic nitrogens is 2. The van der Waals surface area contributed by atoms with Crippen LogP contribution in [0.4, 0.5) is 0 Å². The first-order valence-electron chi connectivity index (χ1n) is 4.90. The molecule has 0 amide bonds. The molecule has 0 spiro atoms. The molecule has 15 heavy (non-hydrogen) atoms. The predicted octanol–water partition coefficient (Wildman–Crippen LogP) is 1.90. The van der Waals surface area contributed by atoms with Gasteiger partial charge in [0.05, 0.1) is 16.8 Å². The summed E-state index contributed by atoms with van der Waals surface area (Å²) >= 11 is 1.78. The topological polar surface area (TPSA) is 43.8 Å². The smallest absolute Gasteiger partial charge is 0.119 e. The normalized spacial score (nSPS) is 11.1. The number of imidazole rings is 1. The van der Waals surface area contributed by atoms with Gasteiger partial charge < -0.3 is 10.3 Å². The van der Waals surface area contributed by atoms with Gasteiger partial charge in [-0.1, -0.05) is 12.1 Å². The summed E-state index contributed by atoms with van der Waals surface area (Å²) in [5.74, 6) is 2.05. The van der Waals surface area contributed by atoms with Gasteiger partial charge in [0.15, 0.2) is 0 Å². The van der Waals surface area contributed by atoms with Gasteiger partial charge >= 0.3 is 0 Å². The lowest BCUT2D eigenvalue weighted by atomic mass is 10.2. The molecular formula is C11H15N3S. The number of hydrogen-bond donors (Lipinski definition) is 1. The van der Waals surface area contributed by atoms with Crippen molar-refractivity contribution >= 4 is 22.8 Å². The van der Waals surface area contributed by atoms with E-state index in [-0.39, 0.29) is 0 Å². The second kappa shape index (κ2) is 4.24.